The van der Waals surface area contributed by atoms with Crippen LogP contribution in [0.5, 0.6) is 0 Å². The first-order valence-corrected chi connectivity index (χ1v) is 7.61. The van der Waals surface area contributed by atoms with Crippen LogP contribution in [0.1, 0.15) is 13.8 Å². The first-order valence-electron chi connectivity index (χ1n) is 6.17. The van der Waals surface area contributed by atoms with E-state index in [0.29, 0.717) is 19.2 Å². The predicted molar refractivity (Wildman–Crippen MR) is 70.1 cm³/mol. The van der Waals surface area contributed by atoms with Crippen LogP contribution < -0.4 is 0 Å². The molecule has 20 heavy (non-hydrogen) atoms. The molecule has 1 aliphatic rings. The Labute approximate surface area is 116 Å². The van der Waals surface area contributed by atoms with Crippen molar-refractivity contribution in [1.29, 1.82) is 0 Å². The Bertz CT molecular complexity index is 637. The van der Waals surface area contributed by atoms with E-state index in [9.17, 15) is 22.9 Å². The van der Waals surface area contributed by atoms with Gasteiger partial charge < -0.3 is 0 Å². The van der Waals surface area contributed by atoms with Crippen LogP contribution in [-0.4, -0.2) is 30.7 Å². The Morgan fingerprint density at radius 3 is 2.30 bits per heavy atom. The van der Waals surface area contributed by atoms with Gasteiger partial charge in [0, 0.05) is 25.2 Å². The number of halogens is 1. The van der Waals surface area contributed by atoms with Gasteiger partial charge in [-0.25, -0.2) is 8.42 Å². The summed E-state index contributed by atoms with van der Waals surface area (Å²) in [6.45, 7) is 4.66. The summed E-state index contributed by atoms with van der Waals surface area (Å²) >= 11 is 0. The standard InChI is InChI=1S/C12H15FN2O4S/c1-8-6-14(7-9(8)2)20(18,19)10-3-4-12(15(16)17)11(13)5-10/h3-5,8-9H,6-7H2,1-2H3. The fourth-order valence-electron chi connectivity index (χ4n) is 2.22. The van der Waals surface area contributed by atoms with E-state index in [-0.39, 0.29) is 16.7 Å². The SMILES string of the molecule is CC1CN(S(=O)(=O)c2ccc([N+](=O)[O-])c(F)c2)CC1C. The summed E-state index contributed by atoms with van der Waals surface area (Å²) < 4.78 is 39.5. The largest absolute Gasteiger partial charge is 0.304 e. The van der Waals surface area contributed by atoms with Crippen LogP contribution in [0.25, 0.3) is 0 Å². The third-order valence-corrected chi connectivity index (χ3v) is 5.54. The van der Waals surface area contributed by atoms with Gasteiger partial charge in [-0.2, -0.15) is 8.70 Å². The van der Waals surface area contributed by atoms with Crippen molar-refractivity contribution in [2.75, 3.05) is 13.1 Å². The van der Waals surface area contributed by atoms with Crippen LogP contribution in [0.2, 0.25) is 0 Å². The number of hydrogen-bond donors (Lipinski definition) is 0. The number of hydrogen-bond acceptors (Lipinski definition) is 4. The highest BCUT2D eigenvalue weighted by Crippen LogP contribution is 2.29. The molecule has 0 N–H and O–H groups in total. The summed E-state index contributed by atoms with van der Waals surface area (Å²) in [4.78, 5) is 9.40. The minimum atomic E-state index is -3.80. The Morgan fingerprint density at radius 1 is 1.30 bits per heavy atom. The molecule has 2 atom stereocenters. The van der Waals surface area contributed by atoms with E-state index in [4.69, 9.17) is 0 Å². The molecule has 0 aliphatic carbocycles. The van der Waals surface area contributed by atoms with E-state index in [1.807, 2.05) is 13.8 Å². The lowest BCUT2D eigenvalue weighted by Gasteiger charge is -2.16. The minimum Gasteiger partial charge on any atom is -0.258 e. The van der Waals surface area contributed by atoms with Gasteiger partial charge in [-0.3, -0.25) is 10.1 Å². The van der Waals surface area contributed by atoms with Crippen LogP contribution >= 0.6 is 0 Å². The lowest BCUT2D eigenvalue weighted by Crippen LogP contribution is -2.29. The van der Waals surface area contributed by atoms with Crippen LogP contribution in [0.15, 0.2) is 23.1 Å². The van der Waals surface area contributed by atoms with E-state index in [1.54, 1.807) is 0 Å². The van der Waals surface area contributed by atoms with Crippen molar-refractivity contribution >= 4 is 15.7 Å². The molecule has 0 aromatic heterocycles. The number of sulfonamides is 1. The van der Waals surface area contributed by atoms with Crippen LogP contribution in [-0.2, 0) is 10.0 Å². The molecule has 1 saturated heterocycles. The molecule has 0 saturated carbocycles. The van der Waals surface area contributed by atoms with Gasteiger partial charge in [0.2, 0.25) is 15.8 Å². The molecule has 1 fully saturated rings. The molecule has 1 aliphatic heterocycles. The van der Waals surface area contributed by atoms with Crippen molar-refractivity contribution < 1.29 is 17.7 Å². The third kappa shape index (κ3) is 2.53. The van der Waals surface area contributed by atoms with Crippen LogP contribution in [0, 0.1) is 27.8 Å². The number of nitro groups is 1. The zero-order valence-electron chi connectivity index (χ0n) is 11.1. The van der Waals surface area contributed by atoms with Crippen molar-refractivity contribution in [2.24, 2.45) is 11.8 Å². The van der Waals surface area contributed by atoms with Crippen LogP contribution in [0.3, 0.4) is 0 Å². The maximum Gasteiger partial charge on any atom is 0.304 e. The Morgan fingerprint density at radius 2 is 1.85 bits per heavy atom. The van der Waals surface area contributed by atoms with E-state index in [2.05, 4.69) is 0 Å². The van der Waals surface area contributed by atoms with Gasteiger partial charge >= 0.3 is 5.69 Å². The molecule has 6 nitrogen and oxygen atoms in total. The normalized spacial score (nSPS) is 23.9. The number of rotatable bonds is 3. The van der Waals surface area contributed by atoms with Crippen molar-refractivity contribution in [2.45, 2.75) is 18.7 Å². The number of benzene rings is 1. The van der Waals surface area contributed by atoms with Crippen molar-refractivity contribution in [3.8, 4) is 0 Å². The fourth-order valence-corrected chi connectivity index (χ4v) is 3.87. The lowest BCUT2D eigenvalue weighted by molar-refractivity contribution is -0.387. The highest BCUT2D eigenvalue weighted by atomic mass is 32.2. The molecule has 0 amide bonds. The van der Waals surface area contributed by atoms with E-state index >= 15 is 0 Å². The minimum absolute atomic E-state index is 0.229. The molecule has 2 unspecified atom stereocenters. The molecule has 110 valence electrons. The highest BCUT2D eigenvalue weighted by Gasteiger charge is 2.35. The molecule has 0 radical (unpaired) electrons. The molecule has 2 rings (SSSR count). The van der Waals surface area contributed by atoms with Gasteiger partial charge in [-0.05, 0) is 17.9 Å². The molecular weight excluding hydrogens is 287 g/mol. The molecule has 0 bridgehead atoms. The van der Waals surface area contributed by atoms with Crippen molar-refractivity contribution in [3.05, 3.63) is 34.1 Å². The second-order valence-electron chi connectivity index (χ2n) is 5.15. The first-order chi connectivity index (χ1) is 9.23. The molecule has 1 heterocycles. The van der Waals surface area contributed by atoms with Gasteiger partial charge in [0.05, 0.1) is 9.82 Å². The highest BCUT2D eigenvalue weighted by molar-refractivity contribution is 7.89. The van der Waals surface area contributed by atoms with Gasteiger partial charge in [0.25, 0.3) is 0 Å². The topological polar surface area (TPSA) is 80.5 Å². The predicted octanol–water partition coefficient (Wildman–Crippen LogP) is 2.01. The van der Waals surface area contributed by atoms with E-state index < -0.39 is 26.5 Å². The zero-order chi connectivity index (χ0) is 15.1. The van der Waals surface area contributed by atoms with Crippen molar-refractivity contribution in [1.82, 2.24) is 4.31 Å². The average molecular weight is 302 g/mol. The smallest absolute Gasteiger partial charge is 0.258 e. The van der Waals surface area contributed by atoms with Gasteiger partial charge in [0.15, 0.2) is 0 Å². The lowest BCUT2D eigenvalue weighted by atomic mass is 10.0. The number of nitro benzene ring substituents is 1. The molecule has 1 aromatic carbocycles. The summed E-state index contributed by atoms with van der Waals surface area (Å²) in [6, 6.07) is 2.66. The fraction of sp³-hybridized carbons (Fsp3) is 0.500. The quantitative estimate of drug-likeness (QED) is 0.632. The Hall–Kier alpha value is -1.54. The summed E-state index contributed by atoms with van der Waals surface area (Å²) in [7, 11) is -3.80. The Kier molecular flexibility index (Phi) is 3.79. The van der Waals surface area contributed by atoms with Crippen LogP contribution in [0.4, 0.5) is 10.1 Å². The first kappa shape index (κ1) is 14.9. The van der Waals surface area contributed by atoms with Gasteiger partial charge in [0.1, 0.15) is 0 Å². The second-order valence-corrected chi connectivity index (χ2v) is 7.08. The average Bonchev–Trinajstić information content (AvgIpc) is 2.69. The molecular formula is C12H15FN2O4S. The maximum atomic E-state index is 13.5. The van der Waals surface area contributed by atoms with Gasteiger partial charge in [-0.15, -0.1) is 0 Å². The molecule has 0 spiro atoms. The summed E-state index contributed by atoms with van der Waals surface area (Å²) in [6.07, 6.45) is 0. The molecule has 1 aromatic rings. The third-order valence-electron chi connectivity index (χ3n) is 3.71. The Balaban J connectivity index is 2.36. The van der Waals surface area contributed by atoms with E-state index in [1.165, 1.54) is 4.31 Å². The summed E-state index contributed by atoms with van der Waals surface area (Å²) in [5, 5.41) is 10.5. The van der Waals surface area contributed by atoms with Gasteiger partial charge in [-0.1, -0.05) is 13.8 Å². The summed E-state index contributed by atoms with van der Waals surface area (Å²) in [5.41, 5.74) is -0.730. The second kappa shape index (κ2) is 5.10. The summed E-state index contributed by atoms with van der Waals surface area (Å²) in [5.74, 6) is -0.684. The number of nitrogens with zero attached hydrogens (tertiary/aromatic N) is 2. The monoisotopic (exact) mass is 302 g/mol. The van der Waals surface area contributed by atoms with Crippen molar-refractivity contribution in [3.63, 3.8) is 0 Å². The maximum absolute atomic E-state index is 13.5. The molecule has 8 heteroatoms. The zero-order valence-corrected chi connectivity index (χ0v) is 11.9. The van der Waals surface area contributed by atoms with E-state index in [0.717, 1.165) is 12.1 Å².